The van der Waals surface area contributed by atoms with Gasteiger partial charge in [-0.25, -0.2) is 0 Å². The standard InChI is InChI=1S/C12H36O12Si6/c1-13-25(14-2)26(15-3,16-4)28(19-7,20-8)30(23-11,24-12)29(21-9,22-10)27(25,17-5)18-6/h1-12H3. The summed E-state index contributed by atoms with van der Waals surface area (Å²) in [6.07, 6.45) is 0. The largest absolute Gasteiger partial charge is 0.432 e. The molecule has 180 valence electrons. The molecule has 1 fully saturated rings. The maximum Gasteiger partial charge on any atom is 0.432 e. The van der Waals surface area contributed by atoms with Crippen LogP contribution in [0.3, 0.4) is 0 Å². The zero-order valence-corrected chi connectivity index (χ0v) is 25.9. The molecule has 1 aliphatic rings. The molecule has 0 saturated carbocycles. The van der Waals surface area contributed by atoms with E-state index < -0.39 is 45.6 Å². The average Bonchev–Trinajstić information content (AvgIpc) is 2.81. The normalized spacial score (nSPS) is 25.2. The van der Waals surface area contributed by atoms with Gasteiger partial charge >= 0.3 is 45.6 Å². The molecule has 1 aliphatic heterocycles. The van der Waals surface area contributed by atoms with E-state index in [0.29, 0.717) is 0 Å². The third-order valence-electron chi connectivity index (χ3n) is 6.05. The fourth-order valence-corrected chi connectivity index (χ4v) is 161. The Labute approximate surface area is 184 Å². The third-order valence-corrected chi connectivity index (χ3v) is 97.5. The number of hydrogen-bond donors (Lipinski definition) is 0. The molecule has 0 unspecified atom stereocenters. The van der Waals surface area contributed by atoms with E-state index in [9.17, 15) is 0 Å². The highest BCUT2D eigenvalue weighted by atomic mass is 30.2. The zero-order valence-electron chi connectivity index (χ0n) is 19.9. The van der Waals surface area contributed by atoms with Gasteiger partial charge in [0.1, 0.15) is 0 Å². The summed E-state index contributed by atoms with van der Waals surface area (Å²) in [7, 11) is -4.53. The Bertz CT molecular complexity index is 398. The molecule has 0 aromatic heterocycles. The van der Waals surface area contributed by atoms with Crippen molar-refractivity contribution in [3.8, 4) is 0 Å². The molecule has 30 heavy (non-hydrogen) atoms. The molecule has 0 aliphatic carbocycles. The van der Waals surface area contributed by atoms with Gasteiger partial charge in [-0.2, -0.15) is 0 Å². The molecule has 0 radical (unpaired) electrons. The first kappa shape index (κ1) is 28.9. The predicted molar refractivity (Wildman–Crippen MR) is 119 cm³/mol. The minimum Gasteiger partial charge on any atom is -0.396 e. The highest BCUT2D eigenvalue weighted by Gasteiger charge is 3.08. The lowest BCUT2D eigenvalue weighted by Gasteiger charge is -2.64. The smallest absolute Gasteiger partial charge is 0.396 e. The fourth-order valence-electron chi connectivity index (χ4n) is 5.02. The summed E-state index contributed by atoms with van der Waals surface area (Å²) in [5, 5.41) is 0. The summed E-state index contributed by atoms with van der Waals surface area (Å²) in [5.41, 5.74) is 0. The van der Waals surface area contributed by atoms with Crippen molar-refractivity contribution in [1.29, 1.82) is 0 Å². The van der Waals surface area contributed by atoms with Crippen LogP contribution in [0.5, 0.6) is 0 Å². The maximum atomic E-state index is 6.22. The topological polar surface area (TPSA) is 111 Å². The van der Waals surface area contributed by atoms with E-state index in [0.717, 1.165) is 0 Å². The van der Waals surface area contributed by atoms with Crippen molar-refractivity contribution in [1.82, 2.24) is 0 Å². The van der Waals surface area contributed by atoms with Gasteiger partial charge in [0.2, 0.25) is 0 Å². The second kappa shape index (κ2) is 10.4. The molecule has 0 amide bonds. The summed E-state index contributed by atoms with van der Waals surface area (Å²) in [4.78, 5) is 0. The molecule has 0 spiro atoms. The van der Waals surface area contributed by atoms with Crippen molar-refractivity contribution in [2.24, 2.45) is 0 Å². The first-order chi connectivity index (χ1) is 14.2. The molecular formula is C12H36O12Si6. The van der Waals surface area contributed by atoms with Gasteiger partial charge in [-0.3, -0.25) is 0 Å². The minimum absolute atomic E-state index is 1.51. The van der Waals surface area contributed by atoms with Crippen molar-refractivity contribution in [3.05, 3.63) is 0 Å². The van der Waals surface area contributed by atoms with Gasteiger partial charge in [0, 0.05) is 85.3 Å². The van der Waals surface area contributed by atoms with E-state index in [1.54, 1.807) is 0 Å². The van der Waals surface area contributed by atoms with Crippen LogP contribution in [-0.2, 0) is 53.1 Å². The number of rotatable bonds is 12. The van der Waals surface area contributed by atoms with E-state index in [2.05, 4.69) is 0 Å². The Morgan fingerprint density at radius 3 is 0.300 bits per heavy atom. The van der Waals surface area contributed by atoms with Crippen molar-refractivity contribution in [2.45, 2.75) is 0 Å². The lowest BCUT2D eigenvalue weighted by atomic mass is 11.8. The summed E-state index contributed by atoms with van der Waals surface area (Å²) in [6.45, 7) is 0. The zero-order chi connectivity index (χ0) is 23.5. The van der Waals surface area contributed by atoms with Gasteiger partial charge < -0.3 is 53.1 Å². The van der Waals surface area contributed by atoms with Gasteiger partial charge in [-0.05, 0) is 0 Å². The Hall–Kier alpha value is 0.821. The van der Waals surface area contributed by atoms with Crippen molar-refractivity contribution in [3.63, 3.8) is 0 Å². The highest BCUT2D eigenvalue weighted by Crippen LogP contribution is 2.54. The molecular weight excluding hydrogens is 505 g/mol. The first-order valence-electron chi connectivity index (χ1n) is 8.85. The van der Waals surface area contributed by atoms with E-state index in [-0.39, 0.29) is 0 Å². The molecule has 12 nitrogen and oxygen atoms in total. The maximum absolute atomic E-state index is 6.22. The van der Waals surface area contributed by atoms with Crippen LogP contribution in [0.25, 0.3) is 0 Å². The van der Waals surface area contributed by atoms with Gasteiger partial charge in [-0.1, -0.05) is 0 Å². The Morgan fingerprint density at radius 2 is 0.267 bits per heavy atom. The molecule has 0 atom stereocenters. The first-order valence-corrected chi connectivity index (χ1v) is 25.7. The summed E-state index contributed by atoms with van der Waals surface area (Å²) in [5.74, 6) is 0. The molecule has 1 saturated heterocycles. The van der Waals surface area contributed by atoms with Crippen LogP contribution in [0.2, 0.25) is 0 Å². The van der Waals surface area contributed by atoms with Crippen molar-refractivity contribution in [2.75, 3.05) is 85.3 Å². The van der Waals surface area contributed by atoms with Crippen LogP contribution in [0, 0.1) is 0 Å². The van der Waals surface area contributed by atoms with Crippen molar-refractivity contribution < 1.29 is 53.1 Å². The lowest BCUT2D eigenvalue weighted by Crippen LogP contribution is -3.12. The molecule has 0 bridgehead atoms. The predicted octanol–water partition coefficient (Wildman–Crippen LogP) is -1.12. The molecule has 0 aromatic carbocycles. The van der Waals surface area contributed by atoms with Crippen LogP contribution in [0.4, 0.5) is 0 Å². The van der Waals surface area contributed by atoms with Gasteiger partial charge in [0.15, 0.2) is 0 Å². The van der Waals surface area contributed by atoms with Gasteiger partial charge in [0.05, 0.1) is 0 Å². The van der Waals surface area contributed by atoms with Gasteiger partial charge in [-0.15, -0.1) is 0 Å². The molecule has 1 rings (SSSR count). The number of hydrogen-bond acceptors (Lipinski definition) is 12. The van der Waals surface area contributed by atoms with E-state index in [1.807, 2.05) is 0 Å². The SMILES string of the molecule is CO[Si]1(OC)[Si](OC)(OC)[Si](OC)(OC)[Si](OC)(OC)[Si](OC)(OC)[Si]1(OC)OC. The van der Waals surface area contributed by atoms with Crippen LogP contribution >= 0.6 is 0 Å². The fraction of sp³-hybridized carbons (Fsp3) is 1.00. The quantitative estimate of drug-likeness (QED) is 0.280. The monoisotopic (exact) mass is 540 g/mol. The molecule has 1 heterocycles. The highest BCUT2D eigenvalue weighted by molar-refractivity contribution is 8.06. The van der Waals surface area contributed by atoms with Crippen LogP contribution in [0.1, 0.15) is 0 Å². The summed E-state index contributed by atoms with van der Waals surface area (Å²) < 4.78 is 74.7. The van der Waals surface area contributed by atoms with E-state index in [1.165, 1.54) is 85.3 Å². The van der Waals surface area contributed by atoms with Crippen molar-refractivity contribution >= 4 is 45.6 Å². The van der Waals surface area contributed by atoms with E-state index >= 15 is 0 Å². The Balaban J connectivity index is 4.54. The van der Waals surface area contributed by atoms with E-state index in [4.69, 9.17) is 53.1 Å². The summed E-state index contributed by atoms with van der Waals surface area (Å²) >= 11 is 0. The third kappa shape index (κ3) is 2.70. The second-order valence-corrected chi connectivity index (χ2v) is 51.1. The van der Waals surface area contributed by atoms with Crippen LogP contribution in [0.15, 0.2) is 0 Å². The van der Waals surface area contributed by atoms with Gasteiger partial charge in [0.25, 0.3) is 0 Å². The molecule has 18 heteroatoms. The molecule has 0 aromatic rings. The second-order valence-electron chi connectivity index (χ2n) is 6.15. The Kier molecular flexibility index (Phi) is 10.00. The Morgan fingerprint density at radius 1 is 0.200 bits per heavy atom. The van der Waals surface area contributed by atoms with Crippen LogP contribution in [-0.4, -0.2) is 131 Å². The minimum atomic E-state index is -3.78. The molecule has 0 N–H and O–H groups in total. The average molecular weight is 541 g/mol. The lowest BCUT2D eigenvalue weighted by molar-refractivity contribution is 0.148. The van der Waals surface area contributed by atoms with Crippen LogP contribution < -0.4 is 0 Å². The summed E-state index contributed by atoms with van der Waals surface area (Å²) in [6, 6.07) is 0.